The summed E-state index contributed by atoms with van der Waals surface area (Å²) in [7, 11) is 2.88. The number of rotatable bonds is 3. The lowest BCUT2D eigenvalue weighted by atomic mass is 10.2. The van der Waals surface area contributed by atoms with E-state index in [0.717, 1.165) is 4.57 Å². The highest BCUT2D eigenvalue weighted by molar-refractivity contribution is 9.10. The number of hydrogen-bond donors (Lipinski definition) is 1. The lowest BCUT2D eigenvalue weighted by Crippen LogP contribution is -2.41. The summed E-state index contributed by atoms with van der Waals surface area (Å²) in [6, 6.07) is 0. The molecule has 1 aliphatic heterocycles. The Morgan fingerprint density at radius 3 is 2.75 bits per heavy atom. The smallest absolute Gasteiger partial charge is 0.332 e. The Morgan fingerprint density at radius 1 is 1.50 bits per heavy atom. The average Bonchev–Trinajstić information content (AvgIpc) is 2.69. The maximum absolute atomic E-state index is 12.1. The topological polar surface area (TPSA) is 82.7 Å². The number of hydrogen-bond acceptors (Lipinski definition) is 5. The van der Waals surface area contributed by atoms with Gasteiger partial charge in [0.2, 0.25) is 0 Å². The Labute approximate surface area is 131 Å². The van der Waals surface area contributed by atoms with Crippen molar-refractivity contribution in [2.75, 3.05) is 13.7 Å². The van der Waals surface area contributed by atoms with Gasteiger partial charge in [-0.2, -0.15) is 0 Å². The number of methoxy groups -OCH3 is 1. The maximum Gasteiger partial charge on any atom is 0.332 e. The highest BCUT2D eigenvalue weighted by Crippen LogP contribution is 2.34. The Bertz CT molecular complexity index is 614. The second-order valence-corrected chi connectivity index (χ2v) is 6.40. The number of aromatic nitrogens is 2. The van der Waals surface area contributed by atoms with Gasteiger partial charge in [0.15, 0.2) is 6.23 Å². The zero-order valence-electron chi connectivity index (χ0n) is 10.8. The normalized spacial score (nSPS) is 29.9. The second-order valence-electron chi connectivity index (χ2n) is 4.49. The Morgan fingerprint density at radius 2 is 2.15 bits per heavy atom. The van der Waals surface area contributed by atoms with Crippen LogP contribution in [0.4, 0.5) is 0 Å². The van der Waals surface area contributed by atoms with Gasteiger partial charge in [0.25, 0.3) is 5.56 Å². The standard InChI is InChI=1S/C11H14Br2N2O5/c1-14-9(17)5(12)3-15(11(14)18)10-7(13)8(16)6(20-10)4-19-2/h3,6-8,10,16H,4H2,1-2H3/t6-,7-,8-,10-/m1/s1. The molecule has 0 radical (unpaired) electrons. The predicted molar refractivity (Wildman–Crippen MR) is 78.2 cm³/mol. The van der Waals surface area contributed by atoms with E-state index >= 15 is 0 Å². The van der Waals surface area contributed by atoms with Crippen LogP contribution in [0.2, 0.25) is 0 Å². The lowest BCUT2D eigenvalue weighted by Gasteiger charge is -2.18. The summed E-state index contributed by atoms with van der Waals surface area (Å²) < 4.78 is 13.1. The van der Waals surface area contributed by atoms with E-state index in [9.17, 15) is 14.7 Å². The molecule has 112 valence electrons. The van der Waals surface area contributed by atoms with Crippen LogP contribution < -0.4 is 11.2 Å². The van der Waals surface area contributed by atoms with Gasteiger partial charge in [-0.25, -0.2) is 4.79 Å². The van der Waals surface area contributed by atoms with Crippen molar-refractivity contribution in [2.24, 2.45) is 7.05 Å². The minimum Gasteiger partial charge on any atom is -0.389 e. The van der Waals surface area contributed by atoms with Crippen LogP contribution in [0.15, 0.2) is 20.3 Å². The molecule has 9 heteroatoms. The van der Waals surface area contributed by atoms with Gasteiger partial charge in [0.1, 0.15) is 6.10 Å². The highest BCUT2D eigenvalue weighted by Gasteiger charge is 2.43. The fourth-order valence-electron chi connectivity index (χ4n) is 2.06. The monoisotopic (exact) mass is 412 g/mol. The van der Waals surface area contributed by atoms with E-state index in [1.54, 1.807) is 0 Å². The van der Waals surface area contributed by atoms with Crippen molar-refractivity contribution in [3.8, 4) is 0 Å². The third-order valence-electron chi connectivity index (χ3n) is 3.17. The third-order valence-corrected chi connectivity index (χ3v) is 4.71. The molecule has 0 saturated carbocycles. The molecule has 0 aliphatic carbocycles. The molecule has 0 unspecified atom stereocenters. The predicted octanol–water partition coefficient (Wildman–Crippen LogP) is -0.0223. The fourth-order valence-corrected chi connectivity index (χ4v) is 3.27. The third kappa shape index (κ3) is 2.64. The molecule has 1 fully saturated rings. The summed E-state index contributed by atoms with van der Waals surface area (Å²) in [6.07, 6.45) is -0.716. The summed E-state index contributed by atoms with van der Waals surface area (Å²) in [6.45, 7) is 0.210. The van der Waals surface area contributed by atoms with E-state index in [1.807, 2.05) is 0 Å². The molecule has 1 aromatic heterocycles. The van der Waals surface area contributed by atoms with E-state index < -0.39 is 34.5 Å². The van der Waals surface area contributed by atoms with Gasteiger partial charge < -0.3 is 14.6 Å². The van der Waals surface area contributed by atoms with E-state index in [0.29, 0.717) is 0 Å². The number of ether oxygens (including phenoxy) is 2. The molecule has 1 N–H and O–H groups in total. The number of alkyl halides is 1. The van der Waals surface area contributed by atoms with Crippen LogP contribution in [0.1, 0.15) is 6.23 Å². The van der Waals surface area contributed by atoms with Gasteiger partial charge in [-0.05, 0) is 15.9 Å². The first-order valence-corrected chi connectivity index (χ1v) is 7.53. The molecule has 2 heterocycles. The van der Waals surface area contributed by atoms with Crippen LogP contribution in [0.25, 0.3) is 0 Å². The molecule has 0 amide bonds. The molecule has 1 saturated heterocycles. The molecule has 4 atom stereocenters. The van der Waals surface area contributed by atoms with E-state index in [4.69, 9.17) is 9.47 Å². The first kappa shape index (κ1) is 15.9. The van der Waals surface area contributed by atoms with Crippen molar-refractivity contribution in [3.05, 3.63) is 31.5 Å². The van der Waals surface area contributed by atoms with Crippen molar-refractivity contribution < 1.29 is 14.6 Å². The van der Waals surface area contributed by atoms with Gasteiger partial charge >= 0.3 is 5.69 Å². The summed E-state index contributed by atoms with van der Waals surface area (Å²) in [5, 5.41) is 10.1. The molecule has 0 spiro atoms. The molecule has 0 bridgehead atoms. The maximum atomic E-state index is 12.1. The molecule has 7 nitrogen and oxygen atoms in total. The number of nitrogens with zero attached hydrogens (tertiary/aromatic N) is 2. The van der Waals surface area contributed by atoms with Gasteiger partial charge in [-0.3, -0.25) is 13.9 Å². The largest absolute Gasteiger partial charge is 0.389 e. The number of aliphatic hydroxyl groups excluding tert-OH is 1. The first-order valence-electron chi connectivity index (χ1n) is 5.82. The van der Waals surface area contributed by atoms with Crippen molar-refractivity contribution in [1.29, 1.82) is 0 Å². The minimum absolute atomic E-state index is 0.210. The lowest BCUT2D eigenvalue weighted by molar-refractivity contribution is -0.0548. The van der Waals surface area contributed by atoms with Crippen molar-refractivity contribution in [2.45, 2.75) is 23.3 Å². The molecule has 1 aromatic rings. The van der Waals surface area contributed by atoms with Crippen molar-refractivity contribution >= 4 is 31.9 Å². The quantitative estimate of drug-likeness (QED) is 0.704. The SMILES string of the molecule is COC[C@H]1O[C@@H](n2cc(Br)c(=O)n(C)c2=O)[C@H](Br)[C@@H]1O. The van der Waals surface area contributed by atoms with Gasteiger partial charge in [-0.1, -0.05) is 15.9 Å². The van der Waals surface area contributed by atoms with Crippen molar-refractivity contribution in [1.82, 2.24) is 9.13 Å². The number of aliphatic hydroxyl groups is 1. The zero-order valence-corrected chi connectivity index (χ0v) is 14.0. The minimum atomic E-state index is -0.817. The van der Waals surface area contributed by atoms with Gasteiger partial charge in [-0.15, -0.1) is 0 Å². The first-order chi connectivity index (χ1) is 9.38. The molecule has 0 aromatic carbocycles. The summed E-state index contributed by atoms with van der Waals surface area (Å²) in [5.41, 5.74) is -0.942. The second kappa shape index (κ2) is 6.10. The number of halogens is 2. The van der Waals surface area contributed by atoms with Crippen LogP contribution in [0, 0.1) is 0 Å². The Kier molecular flexibility index (Phi) is 4.85. The van der Waals surface area contributed by atoms with Gasteiger partial charge in [0.05, 0.1) is 22.0 Å². The zero-order chi connectivity index (χ0) is 15.0. The molecule has 20 heavy (non-hydrogen) atoms. The van der Waals surface area contributed by atoms with Crippen LogP contribution in [0.5, 0.6) is 0 Å². The fraction of sp³-hybridized carbons (Fsp3) is 0.636. The Hall–Kier alpha value is -0.480. The van der Waals surface area contributed by atoms with Crippen LogP contribution >= 0.6 is 31.9 Å². The van der Waals surface area contributed by atoms with E-state index in [1.165, 1.54) is 24.9 Å². The van der Waals surface area contributed by atoms with Gasteiger partial charge in [0, 0.05) is 20.4 Å². The molecule has 2 rings (SSSR count). The summed E-state index contributed by atoms with van der Waals surface area (Å²) >= 11 is 6.43. The van der Waals surface area contributed by atoms with Crippen molar-refractivity contribution in [3.63, 3.8) is 0 Å². The van der Waals surface area contributed by atoms with Crippen LogP contribution in [-0.2, 0) is 16.5 Å². The summed E-state index contributed by atoms with van der Waals surface area (Å²) in [5.74, 6) is 0. The van der Waals surface area contributed by atoms with Crippen LogP contribution in [0.3, 0.4) is 0 Å². The van der Waals surface area contributed by atoms with E-state index in [-0.39, 0.29) is 11.1 Å². The molecular weight excluding hydrogens is 400 g/mol. The highest BCUT2D eigenvalue weighted by atomic mass is 79.9. The van der Waals surface area contributed by atoms with E-state index in [2.05, 4.69) is 31.9 Å². The van der Waals surface area contributed by atoms with Crippen LogP contribution in [-0.4, -0.2) is 45.0 Å². The Balaban J connectivity index is 2.43. The average molecular weight is 414 g/mol. The summed E-state index contributed by atoms with van der Waals surface area (Å²) in [4.78, 5) is 23.3. The molecule has 1 aliphatic rings. The molecular formula is C11H14Br2N2O5.